The van der Waals surface area contributed by atoms with Gasteiger partial charge in [0.2, 0.25) is 0 Å². The Hall–Kier alpha value is -2.28. The van der Waals surface area contributed by atoms with Crippen molar-refractivity contribution in [2.24, 2.45) is 7.05 Å². The summed E-state index contributed by atoms with van der Waals surface area (Å²) in [4.78, 5) is 11.9. The molecule has 2 N–H and O–H groups in total. The maximum Gasteiger partial charge on any atom is 0.413 e. The zero-order valence-corrected chi connectivity index (χ0v) is 14.2. The van der Waals surface area contributed by atoms with Crippen LogP contribution >= 0.6 is 0 Å². The third-order valence-electron chi connectivity index (χ3n) is 3.28. The number of amides is 1. The lowest BCUT2D eigenvalue weighted by Crippen LogP contribution is -2.28. The van der Waals surface area contributed by atoms with Crippen LogP contribution in [0.4, 0.5) is 10.6 Å². The number of nitrogens with zero attached hydrogens (tertiary/aromatic N) is 2. The fourth-order valence-corrected chi connectivity index (χ4v) is 2.08. The molecule has 0 aliphatic rings. The van der Waals surface area contributed by atoms with Crippen molar-refractivity contribution in [3.05, 3.63) is 35.9 Å². The Morgan fingerprint density at radius 2 is 2.22 bits per heavy atom. The summed E-state index contributed by atoms with van der Waals surface area (Å²) in [6.45, 7) is 8.08. The lowest BCUT2D eigenvalue weighted by atomic mass is 10.2. The first-order valence-corrected chi connectivity index (χ1v) is 7.52. The van der Waals surface area contributed by atoms with Gasteiger partial charge < -0.3 is 14.5 Å². The van der Waals surface area contributed by atoms with Crippen LogP contribution in [0.2, 0.25) is 0 Å². The minimum atomic E-state index is -0.545. The summed E-state index contributed by atoms with van der Waals surface area (Å²) in [7, 11) is 1.77. The molecule has 0 aliphatic carbocycles. The van der Waals surface area contributed by atoms with Crippen molar-refractivity contribution < 1.29 is 13.9 Å². The van der Waals surface area contributed by atoms with Crippen molar-refractivity contribution in [3.8, 4) is 0 Å². The highest BCUT2D eigenvalue weighted by Crippen LogP contribution is 2.18. The van der Waals surface area contributed by atoms with Gasteiger partial charge in [-0.25, -0.2) is 4.79 Å². The van der Waals surface area contributed by atoms with Crippen molar-refractivity contribution in [1.29, 1.82) is 0 Å². The first-order chi connectivity index (χ1) is 10.8. The van der Waals surface area contributed by atoms with Crippen LogP contribution < -0.4 is 10.6 Å². The molecule has 0 saturated carbocycles. The van der Waals surface area contributed by atoms with Gasteiger partial charge in [0.1, 0.15) is 11.4 Å². The van der Waals surface area contributed by atoms with Crippen LogP contribution in [0.15, 0.2) is 29.2 Å². The van der Waals surface area contributed by atoms with Gasteiger partial charge in [0.25, 0.3) is 0 Å². The number of aryl methyl sites for hydroxylation is 1. The van der Waals surface area contributed by atoms with E-state index in [0.717, 1.165) is 11.1 Å². The maximum absolute atomic E-state index is 11.9. The molecule has 0 aliphatic heterocycles. The van der Waals surface area contributed by atoms with E-state index in [2.05, 4.69) is 15.7 Å². The number of hydrogen-bond acceptors (Lipinski definition) is 5. The minimum absolute atomic E-state index is 0.128. The molecule has 0 spiro atoms. The monoisotopic (exact) mass is 320 g/mol. The number of nitrogens with one attached hydrogen (secondary N) is 2. The van der Waals surface area contributed by atoms with E-state index in [1.54, 1.807) is 30.5 Å². The third kappa shape index (κ3) is 4.85. The summed E-state index contributed by atoms with van der Waals surface area (Å²) in [6.07, 6.45) is 4.58. The molecule has 1 amide bonds. The second-order valence-corrected chi connectivity index (χ2v) is 6.43. The predicted octanol–water partition coefficient (Wildman–Crippen LogP) is 3.21. The van der Waals surface area contributed by atoms with Crippen molar-refractivity contribution in [3.63, 3.8) is 0 Å². The number of carbonyl (C=O) groups excluding carboxylic acids is 1. The van der Waals surface area contributed by atoms with E-state index in [1.807, 2.05) is 33.8 Å². The lowest BCUT2D eigenvalue weighted by Gasteiger charge is -2.20. The quantitative estimate of drug-likeness (QED) is 0.884. The number of hydrogen-bond donors (Lipinski definition) is 2. The minimum Gasteiger partial charge on any atom is -0.472 e. The van der Waals surface area contributed by atoms with E-state index in [0.29, 0.717) is 12.4 Å². The van der Waals surface area contributed by atoms with E-state index in [1.165, 1.54) is 0 Å². The number of ether oxygens (including phenoxy) is 1. The Balaban J connectivity index is 1.99. The molecule has 126 valence electrons. The van der Waals surface area contributed by atoms with Crippen LogP contribution in [-0.4, -0.2) is 21.5 Å². The van der Waals surface area contributed by atoms with E-state index < -0.39 is 11.7 Å². The normalized spacial score (nSPS) is 12.9. The second-order valence-electron chi connectivity index (χ2n) is 6.43. The molecule has 0 aromatic carbocycles. The summed E-state index contributed by atoms with van der Waals surface area (Å²) in [6, 6.07) is 2.05. The van der Waals surface area contributed by atoms with Crippen LogP contribution in [0.3, 0.4) is 0 Å². The van der Waals surface area contributed by atoms with Gasteiger partial charge in [0.05, 0.1) is 18.7 Å². The van der Waals surface area contributed by atoms with Crippen LogP contribution in [0.25, 0.3) is 0 Å². The second kappa shape index (κ2) is 6.87. The van der Waals surface area contributed by atoms with Crippen molar-refractivity contribution >= 4 is 11.9 Å². The molecule has 2 heterocycles. The Kier molecular flexibility index (Phi) is 5.10. The molecule has 0 bridgehead atoms. The summed E-state index contributed by atoms with van der Waals surface area (Å²) in [5.41, 5.74) is 1.40. The maximum atomic E-state index is 11.9. The highest BCUT2D eigenvalue weighted by atomic mass is 16.6. The number of aromatic nitrogens is 2. The molecule has 7 heteroatoms. The molecule has 2 aromatic rings. The Morgan fingerprint density at radius 3 is 2.83 bits per heavy atom. The molecule has 0 fully saturated rings. The van der Waals surface area contributed by atoms with Crippen molar-refractivity contribution in [1.82, 2.24) is 15.1 Å². The van der Waals surface area contributed by atoms with Gasteiger partial charge in [0, 0.05) is 30.8 Å². The molecule has 2 rings (SSSR count). The summed E-state index contributed by atoms with van der Waals surface area (Å²) in [5.74, 6) is 0.617. The van der Waals surface area contributed by atoms with Gasteiger partial charge in [-0.15, -0.1) is 0 Å². The Morgan fingerprint density at radius 1 is 1.48 bits per heavy atom. The highest BCUT2D eigenvalue weighted by Gasteiger charge is 2.19. The first kappa shape index (κ1) is 17.1. The molecule has 0 radical (unpaired) electrons. The van der Waals surface area contributed by atoms with Gasteiger partial charge in [-0.05, 0) is 33.8 Å². The van der Waals surface area contributed by atoms with E-state index in [-0.39, 0.29) is 6.04 Å². The van der Waals surface area contributed by atoms with E-state index >= 15 is 0 Å². The van der Waals surface area contributed by atoms with E-state index in [4.69, 9.17) is 9.15 Å². The fourth-order valence-electron chi connectivity index (χ4n) is 2.08. The molecule has 0 saturated heterocycles. The van der Waals surface area contributed by atoms with Crippen LogP contribution in [0.1, 0.15) is 44.9 Å². The summed E-state index contributed by atoms with van der Waals surface area (Å²) in [5, 5.41) is 10.3. The summed E-state index contributed by atoms with van der Waals surface area (Å²) < 4.78 is 12.0. The smallest absolute Gasteiger partial charge is 0.413 e. The third-order valence-corrected chi connectivity index (χ3v) is 3.28. The number of rotatable bonds is 5. The van der Waals surface area contributed by atoms with Crippen molar-refractivity contribution in [2.45, 2.75) is 45.9 Å². The van der Waals surface area contributed by atoms with Gasteiger partial charge in [-0.2, -0.15) is 5.10 Å². The number of carbonyl (C=O) groups is 1. The largest absolute Gasteiger partial charge is 0.472 e. The SMILES string of the molecule is CC(NCc1cnn(C)c1NC(=O)OC(C)(C)C)c1ccoc1. The molecule has 7 nitrogen and oxygen atoms in total. The fraction of sp³-hybridized carbons (Fsp3) is 0.500. The molecular formula is C16H24N4O3. The van der Waals surface area contributed by atoms with Crippen LogP contribution in [0, 0.1) is 0 Å². The Labute approximate surface area is 136 Å². The zero-order chi connectivity index (χ0) is 17.0. The molecule has 1 unspecified atom stereocenters. The zero-order valence-electron chi connectivity index (χ0n) is 14.2. The molecule has 2 aromatic heterocycles. The average molecular weight is 320 g/mol. The topological polar surface area (TPSA) is 81.3 Å². The van der Waals surface area contributed by atoms with Crippen LogP contribution in [0.5, 0.6) is 0 Å². The predicted molar refractivity (Wildman–Crippen MR) is 87.0 cm³/mol. The van der Waals surface area contributed by atoms with Gasteiger partial charge in [0.15, 0.2) is 0 Å². The lowest BCUT2D eigenvalue weighted by molar-refractivity contribution is 0.0634. The van der Waals surface area contributed by atoms with Gasteiger partial charge in [-0.3, -0.25) is 10.00 Å². The van der Waals surface area contributed by atoms with E-state index in [9.17, 15) is 4.79 Å². The highest BCUT2D eigenvalue weighted by molar-refractivity contribution is 5.84. The Bertz CT molecular complexity index is 641. The number of anilines is 1. The summed E-state index contributed by atoms with van der Waals surface area (Å²) >= 11 is 0. The standard InChI is InChI=1S/C16H24N4O3/c1-11(12-6-7-22-10-12)17-8-13-9-18-20(5)14(13)19-15(21)23-16(2,3)4/h6-7,9-11,17H,8H2,1-5H3,(H,19,21). The average Bonchev–Trinajstić information content (AvgIpc) is 3.06. The van der Waals surface area contributed by atoms with Gasteiger partial charge in [-0.1, -0.05) is 0 Å². The molecule has 1 atom stereocenters. The number of furan rings is 1. The van der Waals surface area contributed by atoms with Crippen molar-refractivity contribution in [2.75, 3.05) is 5.32 Å². The molecule has 23 heavy (non-hydrogen) atoms. The van der Waals surface area contributed by atoms with Crippen LogP contribution in [-0.2, 0) is 18.3 Å². The first-order valence-electron chi connectivity index (χ1n) is 7.52. The molecular weight excluding hydrogens is 296 g/mol. The van der Waals surface area contributed by atoms with Gasteiger partial charge >= 0.3 is 6.09 Å².